The van der Waals surface area contributed by atoms with Crippen LogP contribution in [0.5, 0.6) is 0 Å². The summed E-state index contributed by atoms with van der Waals surface area (Å²) < 4.78 is 0.666. The maximum Gasteiger partial charge on any atom is 0.0163 e. The van der Waals surface area contributed by atoms with Crippen molar-refractivity contribution in [3.63, 3.8) is 0 Å². The number of thioether (sulfide) groups is 1. The summed E-state index contributed by atoms with van der Waals surface area (Å²) >= 11 is 2.19. The third kappa shape index (κ3) is 2.40. The molecule has 0 aromatic carbocycles. The van der Waals surface area contributed by atoms with Gasteiger partial charge in [0, 0.05) is 4.75 Å². The van der Waals surface area contributed by atoms with Gasteiger partial charge in [0.2, 0.25) is 0 Å². The van der Waals surface area contributed by atoms with Gasteiger partial charge in [-0.25, -0.2) is 0 Å². The van der Waals surface area contributed by atoms with Crippen molar-refractivity contribution in [1.82, 2.24) is 0 Å². The fraction of sp³-hybridized carbons (Fsp3) is 1.00. The lowest BCUT2D eigenvalue weighted by Gasteiger charge is -2.11. The average molecular weight is 172 g/mol. The summed E-state index contributed by atoms with van der Waals surface area (Å²) in [6, 6.07) is 0. The summed E-state index contributed by atoms with van der Waals surface area (Å²) in [4.78, 5) is 0. The summed E-state index contributed by atoms with van der Waals surface area (Å²) in [6.45, 7) is 9.35. The Morgan fingerprint density at radius 2 is 2.18 bits per heavy atom. The second-order valence-electron chi connectivity index (χ2n) is 4.33. The molecule has 1 saturated carbocycles. The predicted molar refractivity (Wildman–Crippen MR) is 54.1 cm³/mol. The molecule has 0 saturated heterocycles. The van der Waals surface area contributed by atoms with Crippen molar-refractivity contribution in [2.75, 3.05) is 5.75 Å². The zero-order valence-corrected chi connectivity index (χ0v) is 9.00. The van der Waals surface area contributed by atoms with E-state index in [0.29, 0.717) is 4.75 Å². The van der Waals surface area contributed by atoms with Crippen molar-refractivity contribution in [3.8, 4) is 0 Å². The van der Waals surface area contributed by atoms with Gasteiger partial charge in [0.05, 0.1) is 0 Å². The van der Waals surface area contributed by atoms with Crippen molar-refractivity contribution in [2.24, 2.45) is 11.8 Å². The molecule has 0 N–H and O–H groups in total. The summed E-state index contributed by atoms with van der Waals surface area (Å²) in [6.07, 6.45) is 2.84. The molecule has 0 aromatic heterocycles. The first-order valence-corrected chi connectivity index (χ1v) is 5.71. The molecule has 1 aliphatic rings. The maximum atomic E-state index is 2.42. The zero-order chi connectivity index (χ0) is 8.48. The second kappa shape index (κ2) is 3.38. The molecule has 0 heterocycles. The topological polar surface area (TPSA) is 0 Å². The molecule has 0 bridgehead atoms. The fourth-order valence-corrected chi connectivity index (χ4v) is 2.98. The van der Waals surface area contributed by atoms with Gasteiger partial charge in [-0.2, -0.15) is 11.8 Å². The van der Waals surface area contributed by atoms with Crippen molar-refractivity contribution >= 4 is 11.8 Å². The van der Waals surface area contributed by atoms with Crippen LogP contribution in [-0.2, 0) is 0 Å². The summed E-state index contributed by atoms with van der Waals surface area (Å²) in [5.74, 6) is 3.22. The minimum atomic E-state index is 0.666. The second-order valence-corrected chi connectivity index (χ2v) is 5.88. The minimum absolute atomic E-state index is 0.666. The first kappa shape index (κ1) is 9.44. The Hall–Kier alpha value is 0.350. The molecule has 1 aliphatic carbocycles. The van der Waals surface area contributed by atoms with E-state index in [2.05, 4.69) is 39.5 Å². The highest BCUT2D eigenvalue weighted by atomic mass is 32.2. The molecule has 1 rings (SSSR count). The largest absolute Gasteiger partial charge is 0.155 e. The summed E-state index contributed by atoms with van der Waals surface area (Å²) in [5, 5.41) is 0. The average Bonchev–Trinajstić information content (AvgIpc) is 2.59. The van der Waals surface area contributed by atoms with Crippen LogP contribution in [0.3, 0.4) is 0 Å². The normalized spacial score (nSPS) is 36.3. The van der Waals surface area contributed by atoms with Crippen LogP contribution in [0.25, 0.3) is 0 Å². The molecular weight excluding hydrogens is 152 g/mol. The molecule has 0 aromatic rings. The monoisotopic (exact) mass is 172 g/mol. The van der Waals surface area contributed by atoms with Crippen molar-refractivity contribution in [1.29, 1.82) is 0 Å². The van der Waals surface area contributed by atoms with E-state index in [1.807, 2.05) is 0 Å². The highest BCUT2D eigenvalue weighted by molar-refractivity contribution is 8.00. The van der Waals surface area contributed by atoms with Gasteiger partial charge in [-0.05, 0) is 24.0 Å². The van der Waals surface area contributed by atoms with E-state index in [1.54, 1.807) is 0 Å². The smallest absolute Gasteiger partial charge is 0.0163 e. The van der Waals surface area contributed by atoms with Gasteiger partial charge in [0.15, 0.2) is 0 Å². The molecule has 0 spiro atoms. The van der Waals surface area contributed by atoms with E-state index in [1.165, 1.54) is 18.6 Å². The van der Waals surface area contributed by atoms with Gasteiger partial charge in [0.1, 0.15) is 0 Å². The Labute approximate surface area is 75.1 Å². The quantitative estimate of drug-likeness (QED) is 0.625. The van der Waals surface area contributed by atoms with Crippen LogP contribution >= 0.6 is 11.8 Å². The fourth-order valence-electron chi connectivity index (χ4n) is 1.54. The van der Waals surface area contributed by atoms with Crippen LogP contribution in [0.4, 0.5) is 0 Å². The van der Waals surface area contributed by atoms with E-state index in [0.717, 1.165) is 11.8 Å². The van der Waals surface area contributed by atoms with Crippen LogP contribution in [0.1, 0.15) is 40.5 Å². The molecular formula is C10H20S. The molecule has 2 atom stereocenters. The van der Waals surface area contributed by atoms with Crippen LogP contribution in [0.15, 0.2) is 0 Å². The molecule has 66 valence electrons. The zero-order valence-electron chi connectivity index (χ0n) is 8.18. The Balaban J connectivity index is 2.18. The highest BCUT2D eigenvalue weighted by Crippen LogP contribution is 2.55. The van der Waals surface area contributed by atoms with Gasteiger partial charge in [0.25, 0.3) is 0 Å². The summed E-state index contributed by atoms with van der Waals surface area (Å²) in [5.41, 5.74) is 0. The third-order valence-corrected chi connectivity index (χ3v) is 4.59. The molecule has 0 amide bonds. The van der Waals surface area contributed by atoms with Crippen LogP contribution in [-0.4, -0.2) is 10.5 Å². The Bertz CT molecular complexity index is 131. The van der Waals surface area contributed by atoms with Crippen molar-refractivity contribution < 1.29 is 0 Å². The SMILES string of the molecule is CCC1CC1(C)SCC(C)C. The van der Waals surface area contributed by atoms with Gasteiger partial charge in [-0.1, -0.05) is 34.1 Å². The molecule has 0 aliphatic heterocycles. The lowest BCUT2D eigenvalue weighted by atomic mass is 10.3. The lowest BCUT2D eigenvalue weighted by Crippen LogP contribution is -2.03. The predicted octanol–water partition coefficient (Wildman–Crippen LogP) is 3.56. The number of rotatable bonds is 4. The van der Waals surface area contributed by atoms with Gasteiger partial charge in [-0.15, -0.1) is 0 Å². The van der Waals surface area contributed by atoms with E-state index in [9.17, 15) is 0 Å². The Kier molecular flexibility index (Phi) is 2.90. The van der Waals surface area contributed by atoms with Gasteiger partial charge < -0.3 is 0 Å². The van der Waals surface area contributed by atoms with Crippen LogP contribution in [0, 0.1) is 11.8 Å². The van der Waals surface area contributed by atoms with E-state index in [-0.39, 0.29) is 0 Å². The van der Waals surface area contributed by atoms with Crippen LogP contribution in [0.2, 0.25) is 0 Å². The lowest BCUT2D eigenvalue weighted by molar-refractivity contribution is 0.728. The molecule has 0 radical (unpaired) electrons. The van der Waals surface area contributed by atoms with E-state index >= 15 is 0 Å². The maximum absolute atomic E-state index is 2.42. The summed E-state index contributed by atoms with van der Waals surface area (Å²) in [7, 11) is 0. The molecule has 2 unspecified atom stereocenters. The number of hydrogen-bond acceptors (Lipinski definition) is 1. The third-order valence-electron chi connectivity index (χ3n) is 2.59. The van der Waals surface area contributed by atoms with Crippen molar-refractivity contribution in [3.05, 3.63) is 0 Å². The molecule has 0 nitrogen and oxygen atoms in total. The van der Waals surface area contributed by atoms with E-state index in [4.69, 9.17) is 0 Å². The van der Waals surface area contributed by atoms with Crippen LogP contribution < -0.4 is 0 Å². The first-order valence-electron chi connectivity index (χ1n) is 4.72. The van der Waals surface area contributed by atoms with E-state index < -0.39 is 0 Å². The highest BCUT2D eigenvalue weighted by Gasteiger charge is 2.48. The number of hydrogen-bond donors (Lipinski definition) is 0. The van der Waals surface area contributed by atoms with Gasteiger partial charge in [-0.3, -0.25) is 0 Å². The minimum Gasteiger partial charge on any atom is -0.155 e. The standard InChI is InChI=1S/C10H20S/c1-5-9-6-10(9,4)11-7-8(2)3/h8-9H,5-7H2,1-4H3. The first-order chi connectivity index (χ1) is 5.08. The Morgan fingerprint density at radius 3 is 2.55 bits per heavy atom. The molecule has 1 heteroatoms. The molecule has 1 fully saturated rings. The van der Waals surface area contributed by atoms with Gasteiger partial charge >= 0.3 is 0 Å². The Morgan fingerprint density at radius 1 is 1.55 bits per heavy atom. The van der Waals surface area contributed by atoms with Crippen molar-refractivity contribution in [2.45, 2.75) is 45.3 Å². The molecule has 11 heavy (non-hydrogen) atoms.